The third-order valence-electron chi connectivity index (χ3n) is 3.02. The smallest absolute Gasteiger partial charge is 0.112 e. The van der Waals surface area contributed by atoms with Crippen molar-refractivity contribution in [2.24, 2.45) is 0 Å². The molecular weight excluding hydrogens is 258 g/mol. The maximum atomic E-state index is 6.39. The van der Waals surface area contributed by atoms with E-state index in [4.69, 9.17) is 11.6 Å². The lowest BCUT2D eigenvalue weighted by molar-refractivity contribution is 0.589. The lowest BCUT2D eigenvalue weighted by Crippen LogP contribution is -2.21. The highest BCUT2D eigenvalue weighted by molar-refractivity contribution is 6.32. The molecular formula is C15H20ClN3. The highest BCUT2D eigenvalue weighted by Crippen LogP contribution is 2.23. The van der Waals surface area contributed by atoms with E-state index in [0.29, 0.717) is 6.04 Å². The van der Waals surface area contributed by atoms with E-state index in [0.717, 1.165) is 29.5 Å². The quantitative estimate of drug-likeness (QED) is 0.905. The molecule has 0 bridgehead atoms. The third kappa shape index (κ3) is 3.37. The Balaban J connectivity index is 2.24. The number of nitrogens with zero attached hydrogens (tertiary/aromatic N) is 2. The van der Waals surface area contributed by atoms with Gasteiger partial charge in [-0.1, -0.05) is 38.4 Å². The zero-order chi connectivity index (χ0) is 13.8. The first kappa shape index (κ1) is 14.1. The molecule has 3 nitrogen and oxygen atoms in total. The van der Waals surface area contributed by atoms with Crippen LogP contribution < -0.4 is 5.32 Å². The SMILES string of the molecule is CCc1nccn1-c1ccc(CNC(C)C)cc1Cl. The van der Waals surface area contributed by atoms with E-state index in [2.05, 4.69) is 43.2 Å². The van der Waals surface area contributed by atoms with E-state index >= 15 is 0 Å². The van der Waals surface area contributed by atoms with Crippen LogP contribution in [0, 0.1) is 0 Å². The van der Waals surface area contributed by atoms with Crippen LogP contribution >= 0.6 is 11.6 Å². The number of hydrogen-bond acceptors (Lipinski definition) is 2. The first-order valence-corrected chi connectivity index (χ1v) is 7.04. The Bertz CT molecular complexity index is 546. The molecule has 19 heavy (non-hydrogen) atoms. The van der Waals surface area contributed by atoms with Crippen LogP contribution in [0.25, 0.3) is 5.69 Å². The Morgan fingerprint density at radius 1 is 1.37 bits per heavy atom. The Morgan fingerprint density at radius 3 is 2.79 bits per heavy atom. The fraction of sp³-hybridized carbons (Fsp3) is 0.400. The minimum absolute atomic E-state index is 0.471. The zero-order valence-corrected chi connectivity index (χ0v) is 12.4. The first-order valence-electron chi connectivity index (χ1n) is 6.66. The summed E-state index contributed by atoms with van der Waals surface area (Å²) in [6, 6.07) is 6.65. The van der Waals surface area contributed by atoms with Gasteiger partial charge in [-0.05, 0) is 17.7 Å². The Hall–Kier alpha value is -1.32. The van der Waals surface area contributed by atoms with Crippen LogP contribution in [0.15, 0.2) is 30.6 Å². The average molecular weight is 278 g/mol. The number of nitrogens with one attached hydrogen (secondary N) is 1. The number of halogens is 1. The molecule has 0 saturated carbocycles. The van der Waals surface area contributed by atoms with E-state index in [1.165, 1.54) is 5.56 Å². The van der Waals surface area contributed by atoms with E-state index < -0.39 is 0 Å². The second-order valence-corrected chi connectivity index (χ2v) is 5.30. The van der Waals surface area contributed by atoms with Crippen molar-refractivity contribution in [3.8, 4) is 5.69 Å². The highest BCUT2D eigenvalue weighted by atomic mass is 35.5. The maximum absolute atomic E-state index is 6.39. The minimum Gasteiger partial charge on any atom is -0.310 e. The molecule has 4 heteroatoms. The van der Waals surface area contributed by atoms with Crippen LogP contribution in [0.2, 0.25) is 5.02 Å². The van der Waals surface area contributed by atoms with Crippen molar-refractivity contribution in [3.05, 3.63) is 47.0 Å². The van der Waals surface area contributed by atoms with Gasteiger partial charge in [0.05, 0.1) is 10.7 Å². The van der Waals surface area contributed by atoms with Gasteiger partial charge in [0.2, 0.25) is 0 Å². The summed E-state index contributed by atoms with van der Waals surface area (Å²) in [7, 11) is 0. The largest absolute Gasteiger partial charge is 0.310 e. The molecule has 2 rings (SSSR count). The second-order valence-electron chi connectivity index (χ2n) is 4.89. The number of imidazole rings is 1. The van der Waals surface area contributed by atoms with Crippen molar-refractivity contribution in [3.63, 3.8) is 0 Å². The monoisotopic (exact) mass is 277 g/mol. The van der Waals surface area contributed by atoms with Gasteiger partial charge in [0.15, 0.2) is 0 Å². The number of hydrogen-bond donors (Lipinski definition) is 1. The summed E-state index contributed by atoms with van der Waals surface area (Å²) in [5.41, 5.74) is 2.19. The molecule has 0 aliphatic heterocycles. The summed E-state index contributed by atoms with van der Waals surface area (Å²) < 4.78 is 2.04. The molecule has 1 heterocycles. The fourth-order valence-electron chi connectivity index (χ4n) is 1.99. The molecule has 102 valence electrons. The van der Waals surface area contributed by atoms with Gasteiger partial charge in [-0.2, -0.15) is 0 Å². The lowest BCUT2D eigenvalue weighted by atomic mass is 10.2. The molecule has 0 atom stereocenters. The summed E-state index contributed by atoms with van der Waals surface area (Å²) >= 11 is 6.39. The molecule has 0 saturated heterocycles. The van der Waals surface area contributed by atoms with E-state index in [-0.39, 0.29) is 0 Å². The van der Waals surface area contributed by atoms with Crippen molar-refractivity contribution in [2.45, 2.75) is 39.8 Å². The number of aryl methyl sites for hydroxylation is 1. The Morgan fingerprint density at radius 2 is 2.16 bits per heavy atom. The molecule has 2 aromatic rings. The van der Waals surface area contributed by atoms with Crippen molar-refractivity contribution < 1.29 is 0 Å². The molecule has 0 unspecified atom stereocenters. The maximum Gasteiger partial charge on any atom is 0.112 e. The molecule has 1 aromatic heterocycles. The lowest BCUT2D eigenvalue weighted by Gasteiger charge is -2.12. The topological polar surface area (TPSA) is 29.9 Å². The molecule has 1 aromatic carbocycles. The van der Waals surface area contributed by atoms with Crippen LogP contribution in [0.1, 0.15) is 32.2 Å². The van der Waals surface area contributed by atoms with Crippen molar-refractivity contribution >= 4 is 11.6 Å². The van der Waals surface area contributed by atoms with Crippen molar-refractivity contribution in [1.29, 1.82) is 0 Å². The van der Waals surface area contributed by atoms with Gasteiger partial charge in [0.1, 0.15) is 5.82 Å². The predicted molar refractivity (Wildman–Crippen MR) is 79.9 cm³/mol. The molecule has 0 aliphatic rings. The molecule has 0 spiro atoms. The van der Waals surface area contributed by atoms with Crippen molar-refractivity contribution in [2.75, 3.05) is 0 Å². The second kappa shape index (κ2) is 6.22. The number of rotatable bonds is 5. The third-order valence-corrected chi connectivity index (χ3v) is 3.32. The standard InChI is InChI=1S/C15H20ClN3/c1-4-15-17-7-8-19(15)14-6-5-12(9-13(14)16)10-18-11(2)3/h5-9,11,18H,4,10H2,1-3H3. The molecule has 0 radical (unpaired) electrons. The molecule has 0 aliphatic carbocycles. The summed E-state index contributed by atoms with van der Waals surface area (Å²) in [5.74, 6) is 1.02. The first-order chi connectivity index (χ1) is 9.11. The predicted octanol–water partition coefficient (Wildman–Crippen LogP) is 3.59. The summed E-state index contributed by atoms with van der Waals surface area (Å²) in [6.07, 6.45) is 4.65. The normalized spacial score (nSPS) is 11.2. The van der Waals surface area contributed by atoms with E-state index in [9.17, 15) is 0 Å². The molecule has 0 fully saturated rings. The highest BCUT2D eigenvalue weighted by Gasteiger charge is 2.08. The zero-order valence-electron chi connectivity index (χ0n) is 11.7. The van der Waals surface area contributed by atoms with Crippen molar-refractivity contribution in [1.82, 2.24) is 14.9 Å². The van der Waals surface area contributed by atoms with Crippen LogP contribution in [0.4, 0.5) is 0 Å². The van der Waals surface area contributed by atoms with Crippen LogP contribution in [-0.2, 0) is 13.0 Å². The average Bonchev–Trinajstić information content (AvgIpc) is 2.84. The summed E-state index contributed by atoms with van der Waals surface area (Å²) in [5, 5.41) is 4.15. The number of aromatic nitrogens is 2. The number of benzene rings is 1. The van der Waals surface area contributed by atoms with Crippen LogP contribution in [0.5, 0.6) is 0 Å². The van der Waals surface area contributed by atoms with E-state index in [1.807, 2.05) is 23.0 Å². The van der Waals surface area contributed by atoms with Crippen LogP contribution in [-0.4, -0.2) is 15.6 Å². The summed E-state index contributed by atoms with van der Waals surface area (Å²) in [4.78, 5) is 4.33. The van der Waals surface area contributed by atoms with Gasteiger partial charge in [0, 0.05) is 31.4 Å². The van der Waals surface area contributed by atoms with Gasteiger partial charge in [-0.15, -0.1) is 0 Å². The summed E-state index contributed by atoms with van der Waals surface area (Å²) in [6.45, 7) is 7.19. The fourth-order valence-corrected chi connectivity index (χ4v) is 2.29. The van der Waals surface area contributed by atoms with Gasteiger partial charge in [-0.25, -0.2) is 4.98 Å². The van der Waals surface area contributed by atoms with Gasteiger partial charge in [0.25, 0.3) is 0 Å². The minimum atomic E-state index is 0.471. The van der Waals surface area contributed by atoms with Crippen LogP contribution in [0.3, 0.4) is 0 Å². The Labute approximate surface area is 119 Å². The molecule has 1 N–H and O–H groups in total. The van der Waals surface area contributed by atoms with Gasteiger partial charge < -0.3 is 9.88 Å². The molecule has 0 amide bonds. The Kier molecular flexibility index (Phi) is 4.61. The van der Waals surface area contributed by atoms with Gasteiger partial charge in [-0.3, -0.25) is 0 Å². The van der Waals surface area contributed by atoms with Gasteiger partial charge >= 0.3 is 0 Å². The van der Waals surface area contributed by atoms with E-state index in [1.54, 1.807) is 0 Å².